The first-order chi connectivity index (χ1) is 11.5. The van der Waals surface area contributed by atoms with Gasteiger partial charge in [0.05, 0.1) is 13.7 Å². The highest BCUT2D eigenvalue weighted by Crippen LogP contribution is 2.29. The Bertz CT molecular complexity index is 874. The highest BCUT2D eigenvalue weighted by atomic mass is 16.5. The predicted molar refractivity (Wildman–Crippen MR) is 86.8 cm³/mol. The first kappa shape index (κ1) is 15.8. The molecule has 1 saturated heterocycles. The van der Waals surface area contributed by atoms with Crippen molar-refractivity contribution in [2.45, 2.75) is 19.0 Å². The number of benzene rings is 1. The van der Waals surface area contributed by atoms with Crippen LogP contribution in [0.2, 0.25) is 0 Å². The molecule has 2 N–H and O–H groups in total. The number of aromatic nitrogens is 1. The average Bonchev–Trinajstić information content (AvgIpc) is 2.86. The Morgan fingerprint density at radius 2 is 1.96 bits per heavy atom. The summed E-state index contributed by atoms with van der Waals surface area (Å²) >= 11 is 0. The van der Waals surface area contributed by atoms with E-state index in [9.17, 15) is 14.4 Å². The van der Waals surface area contributed by atoms with Crippen molar-refractivity contribution in [3.05, 3.63) is 64.1 Å². The van der Waals surface area contributed by atoms with Crippen LogP contribution in [0, 0.1) is 6.92 Å². The fraction of sp³-hybridized carbons (Fsp3) is 0.235. The second-order valence-electron chi connectivity index (χ2n) is 5.67. The molecule has 1 atom stereocenters. The molecule has 1 aliphatic rings. The van der Waals surface area contributed by atoms with Gasteiger partial charge in [0.25, 0.3) is 11.5 Å². The van der Waals surface area contributed by atoms with Crippen LogP contribution in [0.3, 0.4) is 0 Å². The zero-order valence-electron chi connectivity index (χ0n) is 13.3. The van der Waals surface area contributed by atoms with Gasteiger partial charge >= 0.3 is 6.03 Å². The first-order valence-corrected chi connectivity index (χ1v) is 7.40. The van der Waals surface area contributed by atoms with Gasteiger partial charge in [-0.1, -0.05) is 18.2 Å². The third kappa shape index (κ3) is 2.54. The molecule has 7 nitrogen and oxygen atoms in total. The number of pyridine rings is 1. The summed E-state index contributed by atoms with van der Waals surface area (Å²) in [6.45, 7) is 1.68. The Balaban J connectivity index is 2.13. The van der Waals surface area contributed by atoms with Gasteiger partial charge in [-0.3, -0.25) is 14.9 Å². The van der Waals surface area contributed by atoms with Crippen LogP contribution < -0.4 is 20.9 Å². The van der Waals surface area contributed by atoms with Gasteiger partial charge in [0, 0.05) is 11.8 Å². The zero-order valence-corrected chi connectivity index (χ0v) is 13.3. The maximum atomic E-state index is 12.6. The molecule has 2 aromatic rings. The van der Waals surface area contributed by atoms with E-state index in [1.54, 1.807) is 49.5 Å². The van der Waals surface area contributed by atoms with Crippen LogP contribution in [-0.4, -0.2) is 23.6 Å². The molecule has 3 rings (SSSR count). The third-order valence-corrected chi connectivity index (χ3v) is 4.12. The van der Waals surface area contributed by atoms with Gasteiger partial charge in [-0.15, -0.1) is 0 Å². The number of urea groups is 1. The van der Waals surface area contributed by atoms with E-state index in [1.807, 2.05) is 0 Å². The Labute approximate surface area is 138 Å². The minimum absolute atomic E-state index is 0.0156. The molecule has 24 heavy (non-hydrogen) atoms. The molecule has 124 valence electrons. The third-order valence-electron chi connectivity index (χ3n) is 4.12. The molecule has 0 aliphatic carbocycles. The van der Waals surface area contributed by atoms with E-state index in [0.29, 0.717) is 16.9 Å². The minimum Gasteiger partial charge on any atom is -0.497 e. The van der Waals surface area contributed by atoms with Crippen molar-refractivity contribution in [2.75, 3.05) is 7.11 Å². The van der Waals surface area contributed by atoms with Gasteiger partial charge in [-0.25, -0.2) is 4.79 Å². The molecule has 1 aromatic heterocycles. The van der Waals surface area contributed by atoms with Gasteiger partial charge in [0.15, 0.2) is 5.54 Å². The van der Waals surface area contributed by atoms with E-state index in [2.05, 4.69) is 10.6 Å². The van der Waals surface area contributed by atoms with E-state index in [0.717, 1.165) is 0 Å². The maximum Gasteiger partial charge on any atom is 0.322 e. The fourth-order valence-electron chi connectivity index (χ4n) is 2.82. The predicted octanol–water partition coefficient (Wildman–Crippen LogP) is 0.900. The second-order valence-corrected chi connectivity index (χ2v) is 5.67. The lowest BCUT2D eigenvalue weighted by Gasteiger charge is -2.27. The fourth-order valence-corrected chi connectivity index (χ4v) is 2.82. The molecular formula is C17H17N3O4. The molecule has 1 fully saturated rings. The molecule has 1 aliphatic heterocycles. The van der Waals surface area contributed by atoms with Crippen LogP contribution in [0.1, 0.15) is 11.1 Å². The van der Waals surface area contributed by atoms with Crippen molar-refractivity contribution < 1.29 is 14.3 Å². The van der Waals surface area contributed by atoms with E-state index in [-0.39, 0.29) is 12.1 Å². The number of hydrogen-bond donors (Lipinski definition) is 2. The van der Waals surface area contributed by atoms with E-state index in [1.165, 1.54) is 11.7 Å². The van der Waals surface area contributed by atoms with E-state index in [4.69, 9.17) is 4.74 Å². The molecular weight excluding hydrogens is 310 g/mol. The molecule has 0 saturated carbocycles. The molecule has 7 heteroatoms. The number of amides is 3. The van der Waals surface area contributed by atoms with Crippen LogP contribution in [0.5, 0.6) is 5.75 Å². The number of carbonyl (C=O) groups is 2. The Kier molecular flexibility index (Phi) is 3.84. The number of nitrogens with zero attached hydrogens (tertiary/aromatic N) is 1. The largest absolute Gasteiger partial charge is 0.497 e. The summed E-state index contributed by atoms with van der Waals surface area (Å²) in [4.78, 5) is 36.7. The average molecular weight is 327 g/mol. The summed E-state index contributed by atoms with van der Waals surface area (Å²) in [6, 6.07) is 9.69. The van der Waals surface area contributed by atoms with Crippen LogP contribution >= 0.6 is 0 Å². The number of imide groups is 1. The van der Waals surface area contributed by atoms with Gasteiger partial charge in [0.1, 0.15) is 5.75 Å². The van der Waals surface area contributed by atoms with Crippen molar-refractivity contribution in [3.63, 3.8) is 0 Å². The van der Waals surface area contributed by atoms with Crippen molar-refractivity contribution in [1.29, 1.82) is 0 Å². The highest BCUT2D eigenvalue weighted by molar-refractivity contribution is 6.07. The first-order valence-electron chi connectivity index (χ1n) is 7.40. The van der Waals surface area contributed by atoms with Crippen molar-refractivity contribution in [3.8, 4) is 5.75 Å². The van der Waals surface area contributed by atoms with Crippen LogP contribution in [-0.2, 0) is 16.9 Å². The van der Waals surface area contributed by atoms with Crippen LogP contribution in [0.4, 0.5) is 4.79 Å². The summed E-state index contributed by atoms with van der Waals surface area (Å²) < 4.78 is 6.62. The standard InChI is InChI=1S/C17H17N3O4/c1-11-5-4-8-20(14(11)21)10-17(15(22)18-16(23)19-17)12-6-3-7-13(9-12)24-2/h3-9H,10H2,1-2H3,(H2,18,19,22,23)/t17-/m0/s1. The maximum absolute atomic E-state index is 12.6. The SMILES string of the molecule is COc1cccc([C@]2(Cn3cccc(C)c3=O)NC(=O)NC2=O)c1. The van der Waals surface area contributed by atoms with Gasteiger partial charge < -0.3 is 14.6 Å². The highest BCUT2D eigenvalue weighted by Gasteiger charge is 2.48. The summed E-state index contributed by atoms with van der Waals surface area (Å²) in [5.74, 6) is 0.0478. The number of ether oxygens (including phenoxy) is 1. The quantitative estimate of drug-likeness (QED) is 0.817. The molecule has 0 bridgehead atoms. The van der Waals surface area contributed by atoms with Crippen molar-refractivity contribution in [1.82, 2.24) is 15.2 Å². The zero-order chi connectivity index (χ0) is 17.3. The van der Waals surface area contributed by atoms with E-state index < -0.39 is 17.5 Å². The molecule has 0 radical (unpaired) electrons. The molecule has 3 amide bonds. The Hall–Kier alpha value is -3.09. The number of nitrogens with one attached hydrogen (secondary N) is 2. The number of rotatable bonds is 4. The molecule has 2 heterocycles. The van der Waals surface area contributed by atoms with Crippen LogP contribution in [0.25, 0.3) is 0 Å². The monoisotopic (exact) mass is 327 g/mol. The molecule has 0 unspecified atom stereocenters. The topological polar surface area (TPSA) is 89.4 Å². The molecule has 0 spiro atoms. The normalized spacial score (nSPS) is 19.8. The van der Waals surface area contributed by atoms with Crippen molar-refractivity contribution in [2.24, 2.45) is 0 Å². The summed E-state index contributed by atoms with van der Waals surface area (Å²) in [5.41, 5.74) is -0.487. The Morgan fingerprint density at radius 3 is 2.62 bits per heavy atom. The van der Waals surface area contributed by atoms with Crippen LogP contribution in [0.15, 0.2) is 47.4 Å². The number of methoxy groups -OCH3 is 1. The lowest BCUT2D eigenvalue weighted by Crippen LogP contribution is -2.49. The summed E-state index contributed by atoms with van der Waals surface area (Å²) in [5, 5.41) is 4.92. The Morgan fingerprint density at radius 1 is 1.17 bits per heavy atom. The smallest absolute Gasteiger partial charge is 0.322 e. The van der Waals surface area contributed by atoms with Gasteiger partial charge in [-0.2, -0.15) is 0 Å². The van der Waals surface area contributed by atoms with Gasteiger partial charge in [0.2, 0.25) is 0 Å². The molecule has 1 aromatic carbocycles. The number of carbonyl (C=O) groups excluding carboxylic acids is 2. The minimum atomic E-state index is -1.37. The van der Waals surface area contributed by atoms with E-state index >= 15 is 0 Å². The van der Waals surface area contributed by atoms with Gasteiger partial charge in [-0.05, 0) is 30.7 Å². The lowest BCUT2D eigenvalue weighted by molar-refractivity contribution is -0.124. The summed E-state index contributed by atoms with van der Waals surface area (Å²) in [7, 11) is 1.52. The number of hydrogen-bond acceptors (Lipinski definition) is 4. The summed E-state index contributed by atoms with van der Waals surface area (Å²) in [6.07, 6.45) is 1.59. The number of aryl methyl sites for hydroxylation is 1. The second kappa shape index (κ2) is 5.84. The lowest BCUT2D eigenvalue weighted by atomic mass is 9.89. The van der Waals surface area contributed by atoms with Crippen molar-refractivity contribution >= 4 is 11.9 Å².